The number of hydrogen-bond acceptors (Lipinski definition) is 4. The van der Waals surface area contributed by atoms with Crippen molar-refractivity contribution in [2.24, 2.45) is 0 Å². The second-order valence-electron chi connectivity index (χ2n) is 5.49. The zero-order valence-corrected chi connectivity index (χ0v) is 14.9. The van der Waals surface area contributed by atoms with E-state index in [1.165, 1.54) is 0 Å². The second-order valence-corrected chi connectivity index (χ2v) is 5.92. The van der Waals surface area contributed by atoms with Gasteiger partial charge in [0.15, 0.2) is 0 Å². The van der Waals surface area contributed by atoms with E-state index in [-0.39, 0.29) is 12.3 Å². The maximum absolute atomic E-state index is 12.3. The number of aromatic nitrogens is 1. The Morgan fingerprint density at radius 3 is 2.42 bits per heavy atom. The maximum atomic E-state index is 12.3. The summed E-state index contributed by atoms with van der Waals surface area (Å²) < 4.78 is 10.9. The van der Waals surface area contributed by atoms with Crippen molar-refractivity contribution in [3.05, 3.63) is 77.4 Å². The van der Waals surface area contributed by atoms with Crippen LogP contribution in [0, 0.1) is 0 Å². The molecule has 6 heteroatoms. The number of carbonyl (C=O) groups is 1. The van der Waals surface area contributed by atoms with E-state index in [1.807, 2.05) is 12.1 Å². The first kappa shape index (κ1) is 17.8. The van der Waals surface area contributed by atoms with E-state index in [2.05, 4.69) is 10.3 Å². The topological polar surface area (TPSA) is 60.5 Å². The minimum atomic E-state index is -0.167. The predicted molar refractivity (Wildman–Crippen MR) is 101 cm³/mol. The molecule has 0 bridgehead atoms. The van der Waals surface area contributed by atoms with Crippen molar-refractivity contribution in [3.63, 3.8) is 0 Å². The summed E-state index contributed by atoms with van der Waals surface area (Å²) in [7, 11) is 1.60. The van der Waals surface area contributed by atoms with Gasteiger partial charge in [0.05, 0.1) is 13.5 Å². The molecule has 0 saturated carbocycles. The van der Waals surface area contributed by atoms with E-state index < -0.39 is 0 Å². The van der Waals surface area contributed by atoms with Crippen LogP contribution in [0.25, 0.3) is 0 Å². The summed E-state index contributed by atoms with van der Waals surface area (Å²) in [6.45, 7) is 0. The summed E-state index contributed by atoms with van der Waals surface area (Å²) in [5, 5.41) is 3.47. The van der Waals surface area contributed by atoms with Gasteiger partial charge >= 0.3 is 0 Å². The molecule has 0 aliphatic heterocycles. The Labute approximate surface area is 156 Å². The van der Waals surface area contributed by atoms with Crippen LogP contribution in [-0.4, -0.2) is 18.0 Å². The molecule has 0 aliphatic carbocycles. The lowest BCUT2D eigenvalue weighted by Gasteiger charge is -2.11. The summed E-state index contributed by atoms with van der Waals surface area (Å²) in [6, 6.07) is 17.7. The summed E-state index contributed by atoms with van der Waals surface area (Å²) in [5.74, 6) is 1.48. The Bertz CT molecular complexity index is 880. The lowest BCUT2D eigenvalue weighted by Crippen LogP contribution is -2.15. The highest BCUT2D eigenvalue weighted by Gasteiger charge is 2.11. The molecule has 0 unspecified atom stereocenters. The van der Waals surface area contributed by atoms with Crippen LogP contribution < -0.4 is 14.8 Å². The van der Waals surface area contributed by atoms with Crippen molar-refractivity contribution in [1.29, 1.82) is 0 Å². The second kappa shape index (κ2) is 8.36. The molecule has 132 valence electrons. The normalized spacial score (nSPS) is 10.2. The molecule has 1 heterocycles. The first-order chi connectivity index (χ1) is 12.6. The molecule has 0 aliphatic rings. The van der Waals surface area contributed by atoms with E-state index in [0.717, 1.165) is 11.3 Å². The molecule has 5 nitrogen and oxygen atoms in total. The Kier molecular flexibility index (Phi) is 5.71. The SMILES string of the molecule is COc1ccc(Oc2ncccc2NC(=O)Cc2ccc(Cl)cc2)cc1. The van der Waals surface area contributed by atoms with Gasteiger partial charge in [-0.1, -0.05) is 23.7 Å². The van der Waals surface area contributed by atoms with E-state index in [9.17, 15) is 4.79 Å². The number of carbonyl (C=O) groups excluding carboxylic acids is 1. The van der Waals surface area contributed by atoms with E-state index in [0.29, 0.717) is 22.3 Å². The van der Waals surface area contributed by atoms with Crippen molar-refractivity contribution >= 4 is 23.2 Å². The first-order valence-corrected chi connectivity index (χ1v) is 8.33. The smallest absolute Gasteiger partial charge is 0.243 e. The Balaban J connectivity index is 1.69. The fourth-order valence-electron chi connectivity index (χ4n) is 2.30. The number of nitrogens with zero attached hydrogens (tertiary/aromatic N) is 1. The van der Waals surface area contributed by atoms with Gasteiger partial charge in [0.25, 0.3) is 0 Å². The van der Waals surface area contributed by atoms with E-state index >= 15 is 0 Å². The zero-order chi connectivity index (χ0) is 18.4. The minimum Gasteiger partial charge on any atom is -0.497 e. The van der Waals surface area contributed by atoms with Crippen LogP contribution in [0.15, 0.2) is 66.9 Å². The highest BCUT2D eigenvalue weighted by molar-refractivity contribution is 6.30. The molecule has 1 aromatic heterocycles. The van der Waals surface area contributed by atoms with Crippen LogP contribution in [-0.2, 0) is 11.2 Å². The van der Waals surface area contributed by atoms with Crippen LogP contribution in [0.3, 0.4) is 0 Å². The van der Waals surface area contributed by atoms with E-state index in [4.69, 9.17) is 21.1 Å². The number of ether oxygens (including phenoxy) is 2. The Morgan fingerprint density at radius 1 is 1.04 bits per heavy atom. The van der Waals surface area contributed by atoms with Crippen molar-refractivity contribution < 1.29 is 14.3 Å². The summed E-state index contributed by atoms with van der Waals surface area (Å²) in [4.78, 5) is 16.5. The first-order valence-electron chi connectivity index (χ1n) is 7.95. The molecule has 1 N–H and O–H groups in total. The fourth-order valence-corrected chi connectivity index (χ4v) is 2.43. The van der Waals surface area contributed by atoms with Crippen LogP contribution in [0.1, 0.15) is 5.56 Å². The third-order valence-corrected chi connectivity index (χ3v) is 3.85. The molecule has 2 aromatic carbocycles. The van der Waals surface area contributed by atoms with Gasteiger partial charge in [-0.25, -0.2) is 4.98 Å². The van der Waals surface area contributed by atoms with Gasteiger partial charge in [0, 0.05) is 11.2 Å². The lowest BCUT2D eigenvalue weighted by atomic mass is 10.1. The quantitative estimate of drug-likeness (QED) is 0.684. The van der Waals surface area contributed by atoms with Gasteiger partial charge in [-0.15, -0.1) is 0 Å². The number of halogens is 1. The molecule has 1 amide bonds. The van der Waals surface area contributed by atoms with Crippen LogP contribution in [0.5, 0.6) is 17.4 Å². The molecule has 26 heavy (non-hydrogen) atoms. The van der Waals surface area contributed by atoms with Crippen molar-refractivity contribution in [1.82, 2.24) is 4.98 Å². The summed E-state index contributed by atoms with van der Waals surface area (Å²) >= 11 is 5.86. The molecule has 3 rings (SSSR count). The van der Waals surface area contributed by atoms with Crippen LogP contribution in [0.4, 0.5) is 5.69 Å². The number of hydrogen-bond donors (Lipinski definition) is 1. The molecular weight excluding hydrogens is 352 g/mol. The van der Waals surface area contributed by atoms with Gasteiger partial charge < -0.3 is 14.8 Å². The standard InChI is InChI=1S/C20H17ClN2O3/c1-25-16-8-10-17(11-9-16)26-20-18(3-2-12-22-20)23-19(24)13-14-4-6-15(21)7-5-14/h2-12H,13H2,1H3,(H,23,24). The van der Waals surface area contributed by atoms with E-state index in [1.54, 1.807) is 61.8 Å². The number of benzene rings is 2. The van der Waals surface area contributed by atoms with Gasteiger partial charge in [-0.2, -0.15) is 0 Å². The fraction of sp³-hybridized carbons (Fsp3) is 0.100. The highest BCUT2D eigenvalue weighted by Crippen LogP contribution is 2.28. The number of methoxy groups -OCH3 is 1. The molecule has 0 radical (unpaired) electrons. The van der Waals surface area contributed by atoms with Gasteiger partial charge in [0.1, 0.15) is 17.2 Å². The number of anilines is 1. The molecule has 3 aromatic rings. The molecule has 0 fully saturated rings. The number of pyridine rings is 1. The number of nitrogens with one attached hydrogen (secondary N) is 1. The largest absolute Gasteiger partial charge is 0.497 e. The van der Waals surface area contributed by atoms with Crippen LogP contribution in [0.2, 0.25) is 5.02 Å². The van der Waals surface area contributed by atoms with Gasteiger partial charge in [-0.05, 0) is 54.1 Å². The summed E-state index contributed by atoms with van der Waals surface area (Å²) in [5.41, 5.74) is 1.37. The Morgan fingerprint density at radius 2 is 1.73 bits per heavy atom. The van der Waals surface area contributed by atoms with Crippen LogP contribution >= 0.6 is 11.6 Å². The van der Waals surface area contributed by atoms with Crippen molar-refractivity contribution in [2.75, 3.05) is 12.4 Å². The third-order valence-electron chi connectivity index (χ3n) is 3.60. The predicted octanol–water partition coefficient (Wildman–Crippen LogP) is 4.72. The van der Waals surface area contributed by atoms with Gasteiger partial charge in [-0.3, -0.25) is 4.79 Å². The van der Waals surface area contributed by atoms with Crippen molar-refractivity contribution in [2.45, 2.75) is 6.42 Å². The average Bonchev–Trinajstić information content (AvgIpc) is 2.66. The minimum absolute atomic E-state index is 0.167. The molecule has 0 saturated heterocycles. The zero-order valence-electron chi connectivity index (χ0n) is 14.1. The molecular formula is C20H17ClN2O3. The number of amides is 1. The monoisotopic (exact) mass is 368 g/mol. The third kappa shape index (κ3) is 4.74. The van der Waals surface area contributed by atoms with Gasteiger partial charge in [0.2, 0.25) is 11.8 Å². The average molecular weight is 369 g/mol. The highest BCUT2D eigenvalue weighted by atomic mass is 35.5. The molecule has 0 atom stereocenters. The lowest BCUT2D eigenvalue weighted by molar-refractivity contribution is -0.115. The van der Waals surface area contributed by atoms with Crippen molar-refractivity contribution in [3.8, 4) is 17.4 Å². The summed E-state index contributed by atoms with van der Waals surface area (Å²) in [6.07, 6.45) is 1.84. The maximum Gasteiger partial charge on any atom is 0.243 e. The molecule has 0 spiro atoms. The Hall–Kier alpha value is -3.05. The number of rotatable bonds is 6.